The Hall–Kier alpha value is -2.42. The van der Waals surface area contributed by atoms with E-state index in [1.54, 1.807) is 12.0 Å². The minimum atomic E-state index is -0.0818. The van der Waals surface area contributed by atoms with Gasteiger partial charge in [0, 0.05) is 49.2 Å². The third kappa shape index (κ3) is 7.79. The molecule has 2 heterocycles. The zero-order valence-corrected chi connectivity index (χ0v) is 23.9. The van der Waals surface area contributed by atoms with E-state index in [1.165, 1.54) is 23.3 Å². The second kappa shape index (κ2) is 13.9. The summed E-state index contributed by atoms with van der Waals surface area (Å²) in [6.07, 6.45) is 8.31. The van der Waals surface area contributed by atoms with E-state index in [0.29, 0.717) is 31.0 Å². The van der Waals surface area contributed by atoms with E-state index in [-0.39, 0.29) is 24.4 Å². The first-order valence-corrected chi connectivity index (χ1v) is 14.7. The highest BCUT2D eigenvalue weighted by Gasteiger charge is 2.29. The zero-order valence-electron chi connectivity index (χ0n) is 21.5. The number of ether oxygens (including phenoxy) is 1. The third-order valence-electron chi connectivity index (χ3n) is 6.98. The maximum absolute atomic E-state index is 13.9. The van der Waals surface area contributed by atoms with Crippen molar-refractivity contribution in [1.29, 1.82) is 0 Å². The van der Waals surface area contributed by atoms with Crippen LogP contribution >= 0.6 is 27.3 Å². The Morgan fingerprint density at radius 1 is 1.08 bits per heavy atom. The molecule has 0 aliphatic heterocycles. The van der Waals surface area contributed by atoms with Gasteiger partial charge in [-0.05, 0) is 60.5 Å². The number of amides is 2. The van der Waals surface area contributed by atoms with Gasteiger partial charge < -0.3 is 19.1 Å². The Morgan fingerprint density at radius 2 is 1.86 bits per heavy atom. The lowest BCUT2D eigenvalue weighted by Gasteiger charge is -2.36. The topological polar surface area (TPSA) is 54.8 Å². The third-order valence-corrected chi connectivity index (χ3v) is 8.37. The van der Waals surface area contributed by atoms with Gasteiger partial charge in [0.25, 0.3) is 5.91 Å². The Kier molecular flexibility index (Phi) is 10.4. The van der Waals surface area contributed by atoms with Crippen LogP contribution < -0.4 is 0 Å². The molecule has 6 nitrogen and oxygen atoms in total. The molecule has 37 heavy (non-hydrogen) atoms. The largest absolute Gasteiger partial charge is 0.385 e. The number of aromatic nitrogens is 1. The second-order valence-electron chi connectivity index (χ2n) is 9.62. The van der Waals surface area contributed by atoms with Crippen molar-refractivity contribution in [3.8, 4) is 0 Å². The lowest BCUT2D eigenvalue weighted by molar-refractivity contribution is -0.135. The molecule has 198 valence electrons. The summed E-state index contributed by atoms with van der Waals surface area (Å²) in [5, 5.41) is 1.90. The summed E-state index contributed by atoms with van der Waals surface area (Å²) >= 11 is 4.92. The fraction of sp³-hybridized carbons (Fsp3) is 0.448. The summed E-state index contributed by atoms with van der Waals surface area (Å²) in [7, 11) is 1.66. The molecule has 8 heteroatoms. The molecule has 2 amide bonds. The Morgan fingerprint density at radius 3 is 2.57 bits per heavy atom. The number of carbonyl (C=O) groups excluding carboxylic acids is 2. The van der Waals surface area contributed by atoms with Gasteiger partial charge in [0.05, 0.1) is 11.4 Å². The van der Waals surface area contributed by atoms with Crippen LogP contribution in [0.25, 0.3) is 0 Å². The van der Waals surface area contributed by atoms with Crippen LogP contribution in [0.3, 0.4) is 0 Å². The molecule has 1 fully saturated rings. The smallest absolute Gasteiger partial charge is 0.264 e. The van der Waals surface area contributed by atoms with E-state index < -0.39 is 0 Å². The monoisotopic (exact) mass is 585 g/mol. The van der Waals surface area contributed by atoms with Crippen molar-refractivity contribution in [2.45, 2.75) is 57.7 Å². The van der Waals surface area contributed by atoms with Gasteiger partial charge >= 0.3 is 0 Å². The van der Waals surface area contributed by atoms with Gasteiger partial charge in [-0.3, -0.25) is 9.59 Å². The van der Waals surface area contributed by atoms with Crippen LogP contribution in [-0.4, -0.2) is 59.0 Å². The van der Waals surface area contributed by atoms with Gasteiger partial charge in [-0.15, -0.1) is 11.3 Å². The second-order valence-corrected chi connectivity index (χ2v) is 11.5. The number of methoxy groups -OCH3 is 1. The number of hydrogen-bond donors (Lipinski definition) is 0. The molecular weight excluding hydrogens is 550 g/mol. The van der Waals surface area contributed by atoms with Crippen molar-refractivity contribution in [1.82, 2.24) is 14.4 Å². The van der Waals surface area contributed by atoms with Gasteiger partial charge in [-0.25, -0.2) is 0 Å². The van der Waals surface area contributed by atoms with Crippen LogP contribution in [0.5, 0.6) is 0 Å². The Bertz CT molecular complexity index is 1120. The summed E-state index contributed by atoms with van der Waals surface area (Å²) in [6.45, 7) is 2.44. The number of carbonyl (C=O) groups is 2. The molecule has 0 N–H and O–H groups in total. The van der Waals surface area contributed by atoms with Crippen molar-refractivity contribution < 1.29 is 14.3 Å². The van der Waals surface area contributed by atoms with Crippen LogP contribution in [-0.2, 0) is 22.6 Å². The Balaban J connectivity index is 1.52. The molecule has 1 saturated carbocycles. The van der Waals surface area contributed by atoms with E-state index >= 15 is 0 Å². The number of hydrogen-bond acceptors (Lipinski definition) is 4. The first-order chi connectivity index (χ1) is 18.0. The van der Waals surface area contributed by atoms with Gasteiger partial charge in [0.15, 0.2) is 0 Å². The molecule has 0 bridgehead atoms. The highest BCUT2D eigenvalue weighted by Crippen LogP contribution is 2.25. The molecular formula is C29H36BrN3O3S. The highest BCUT2D eigenvalue weighted by molar-refractivity contribution is 9.10. The minimum absolute atomic E-state index is 0.0191. The number of halogens is 1. The minimum Gasteiger partial charge on any atom is -0.385 e. The zero-order chi connectivity index (χ0) is 26.0. The maximum atomic E-state index is 13.9. The SMILES string of the molecule is COCCCN(CC(=O)N(Cc1cccn1Cc1ccc(Br)cc1)C1CCCCC1)C(=O)c1cccs1. The first-order valence-electron chi connectivity index (χ1n) is 13.0. The maximum Gasteiger partial charge on any atom is 0.264 e. The summed E-state index contributed by atoms with van der Waals surface area (Å²) in [4.78, 5) is 31.5. The van der Waals surface area contributed by atoms with Gasteiger partial charge in [-0.1, -0.05) is 53.4 Å². The predicted octanol–water partition coefficient (Wildman–Crippen LogP) is 6.20. The fourth-order valence-electron chi connectivity index (χ4n) is 4.98. The number of thiophene rings is 1. The number of nitrogens with zero attached hydrogens (tertiary/aromatic N) is 3. The van der Waals surface area contributed by atoms with Crippen LogP contribution in [0.4, 0.5) is 0 Å². The molecule has 1 aliphatic rings. The predicted molar refractivity (Wildman–Crippen MR) is 152 cm³/mol. The van der Waals surface area contributed by atoms with E-state index in [4.69, 9.17) is 4.74 Å². The summed E-state index contributed by atoms with van der Waals surface area (Å²) in [5.41, 5.74) is 2.32. The van der Waals surface area contributed by atoms with Crippen molar-refractivity contribution in [2.75, 3.05) is 26.8 Å². The fourth-order valence-corrected chi connectivity index (χ4v) is 5.94. The molecule has 0 radical (unpaired) electrons. The molecule has 0 spiro atoms. The summed E-state index contributed by atoms with van der Waals surface area (Å²) in [6, 6.07) is 16.4. The van der Waals surface area contributed by atoms with Crippen LogP contribution in [0.15, 0.2) is 64.6 Å². The van der Waals surface area contributed by atoms with Crippen LogP contribution in [0, 0.1) is 0 Å². The lowest BCUT2D eigenvalue weighted by atomic mass is 9.94. The van der Waals surface area contributed by atoms with E-state index in [9.17, 15) is 9.59 Å². The molecule has 1 aliphatic carbocycles. The normalized spacial score (nSPS) is 14.0. The van der Waals surface area contributed by atoms with Crippen molar-refractivity contribution >= 4 is 39.1 Å². The van der Waals surface area contributed by atoms with Gasteiger partial charge in [0.2, 0.25) is 5.91 Å². The molecule has 2 aromatic heterocycles. The molecule has 0 unspecified atom stereocenters. The van der Waals surface area contributed by atoms with Crippen molar-refractivity contribution in [3.05, 3.63) is 80.7 Å². The van der Waals surface area contributed by atoms with Gasteiger partial charge in [-0.2, -0.15) is 0 Å². The number of rotatable bonds is 12. The molecule has 3 aromatic rings. The van der Waals surface area contributed by atoms with Crippen molar-refractivity contribution in [2.24, 2.45) is 0 Å². The molecule has 4 rings (SSSR count). The average molecular weight is 587 g/mol. The standard InChI is InChI=1S/C29H36BrN3O3S/c1-36-18-7-17-32(29(35)27-11-6-19-37-27)22-28(34)33(25-8-3-2-4-9-25)21-26-10-5-16-31(26)20-23-12-14-24(30)15-13-23/h5-6,10-16,19,25H,2-4,7-9,17-18,20-22H2,1H3. The van der Waals surface area contributed by atoms with E-state index in [2.05, 4.69) is 63.1 Å². The first kappa shape index (κ1) is 27.6. The highest BCUT2D eigenvalue weighted by atomic mass is 79.9. The lowest BCUT2D eigenvalue weighted by Crippen LogP contribution is -2.47. The molecule has 0 saturated heterocycles. The summed E-state index contributed by atoms with van der Waals surface area (Å²) in [5.74, 6) is -0.0627. The summed E-state index contributed by atoms with van der Waals surface area (Å²) < 4.78 is 8.49. The quantitative estimate of drug-likeness (QED) is 0.238. The van der Waals surface area contributed by atoms with E-state index in [0.717, 1.165) is 42.4 Å². The van der Waals surface area contributed by atoms with Crippen LogP contribution in [0.1, 0.15) is 59.5 Å². The van der Waals surface area contributed by atoms with Crippen LogP contribution in [0.2, 0.25) is 0 Å². The average Bonchev–Trinajstić information content (AvgIpc) is 3.61. The van der Waals surface area contributed by atoms with E-state index in [1.807, 2.05) is 22.4 Å². The van der Waals surface area contributed by atoms with Gasteiger partial charge in [0.1, 0.15) is 6.54 Å². The molecule has 1 aromatic carbocycles. The Labute approximate surface area is 232 Å². The number of benzene rings is 1. The molecule has 0 atom stereocenters. The van der Waals surface area contributed by atoms with Crippen molar-refractivity contribution in [3.63, 3.8) is 0 Å².